The van der Waals surface area contributed by atoms with Crippen molar-refractivity contribution in [3.63, 3.8) is 0 Å². The van der Waals surface area contributed by atoms with Crippen LogP contribution in [0.3, 0.4) is 0 Å². The van der Waals surface area contributed by atoms with Crippen molar-refractivity contribution < 1.29 is 37.0 Å². The number of fused-ring (bicyclic) bond motifs is 1. The number of alkyl halides is 3. The van der Waals surface area contributed by atoms with Crippen LogP contribution in [0, 0.1) is 0 Å². The molecule has 0 spiro atoms. The fourth-order valence-corrected chi connectivity index (χ4v) is 4.05. The number of rotatable bonds is 8. The second kappa shape index (κ2) is 10.7. The highest BCUT2D eigenvalue weighted by Gasteiger charge is 2.30. The molecule has 186 valence electrons. The number of hydrogen-bond acceptors (Lipinski definition) is 8. The lowest BCUT2D eigenvalue weighted by Gasteiger charge is -2.11. The average molecular weight is 511 g/mol. The number of aromatic nitrogens is 2. The van der Waals surface area contributed by atoms with E-state index >= 15 is 0 Å². The Hall–Kier alpha value is -3.74. The highest BCUT2D eigenvalue weighted by molar-refractivity contribution is 7.16. The fourth-order valence-electron chi connectivity index (χ4n) is 3.10. The molecule has 2 heterocycles. The van der Waals surface area contributed by atoms with Gasteiger partial charge in [-0.2, -0.15) is 23.0 Å². The Morgan fingerprint density at radius 2 is 1.71 bits per heavy atom. The lowest BCUT2D eigenvalue weighted by atomic mass is 10.2. The third-order valence-electron chi connectivity index (χ3n) is 4.67. The summed E-state index contributed by atoms with van der Waals surface area (Å²) in [5.74, 6) is -1.98. The van der Waals surface area contributed by atoms with Crippen molar-refractivity contribution in [3.8, 4) is 5.69 Å². The summed E-state index contributed by atoms with van der Waals surface area (Å²) in [6.07, 6.45) is -4.96. The van der Waals surface area contributed by atoms with E-state index in [0.29, 0.717) is 0 Å². The first-order valence-corrected chi connectivity index (χ1v) is 11.3. The molecule has 0 aliphatic carbocycles. The first kappa shape index (κ1) is 25.9. The van der Waals surface area contributed by atoms with E-state index in [1.807, 2.05) is 0 Å². The minimum Gasteiger partial charge on any atom is -0.466 e. The molecule has 0 atom stereocenters. The smallest absolute Gasteiger partial charge is 0.416 e. The lowest BCUT2D eigenvalue weighted by molar-refractivity contribution is -0.144. The van der Waals surface area contributed by atoms with Gasteiger partial charge >= 0.3 is 18.1 Å². The van der Waals surface area contributed by atoms with Crippen molar-refractivity contribution in [2.24, 2.45) is 0 Å². The zero-order chi connectivity index (χ0) is 25.8. The number of amides is 1. The summed E-state index contributed by atoms with van der Waals surface area (Å²) in [4.78, 5) is 49.6. The van der Waals surface area contributed by atoms with E-state index in [2.05, 4.69) is 10.4 Å². The molecule has 0 fully saturated rings. The Morgan fingerprint density at radius 3 is 2.31 bits per heavy atom. The van der Waals surface area contributed by atoms with Gasteiger partial charge in [0.05, 0.1) is 36.3 Å². The standard InChI is InChI=1S/C22H20F3N3O6S/c1-3-33-16(30)10-9-15(29)26-19-17-14(11-35-19)18(21(32)34-4-2)27-28(20(17)31)13-7-5-12(6-8-13)22(23,24)25/h5-8,11H,3-4,9-10H2,1-2H3,(H,26,29). The van der Waals surface area contributed by atoms with E-state index in [1.54, 1.807) is 13.8 Å². The number of halogens is 3. The van der Waals surface area contributed by atoms with E-state index in [0.717, 1.165) is 40.3 Å². The number of ether oxygens (including phenoxy) is 2. The Bertz CT molecular complexity index is 1310. The van der Waals surface area contributed by atoms with Gasteiger partial charge in [0.2, 0.25) is 5.91 Å². The van der Waals surface area contributed by atoms with Gasteiger partial charge in [0.15, 0.2) is 5.69 Å². The van der Waals surface area contributed by atoms with Crippen LogP contribution in [0.5, 0.6) is 0 Å². The molecule has 3 rings (SSSR count). The Labute approximate surface area is 200 Å². The van der Waals surface area contributed by atoms with Crippen molar-refractivity contribution in [2.45, 2.75) is 32.9 Å². The quantitative estimate of drug-likeness (QED) is 0.456. The second-order valence-electron chi connectivity index (χ2n) is 7.04. The van der Waals surface area contributed by atoms with Crippen molar-refractivity contribution >= 4 is 45.0 Å². The molecule has 1 N–H and O–H groups in total. The molecular formula is C22H20F3N3O6S. The molecule has 0 bridgehead atoms. The molecule has 3 aromatic rings. The minimum atomic E-state index is -4.58. The number of anilines is 1. The molecule has 0 saturated heterocycles. The van der Waals surface area contributed by atoms with E-state index in [1.165, 1.54) is 5.38 Å². The van der Waals surface area contributed by atoms with Crippen LogP contribution in [0.2, 0.25) is 0 Å². The van der Waals surface area contributed by atoms with Crippen LogP contribution in [0.15, 0.2) is 34.4 Å². The zero-order valence-corrected chi connectivity index (χ0v) is 19.4. The summed E-state index contributed by atoms with van der Waals surface area (Å²) in [5, 5.41) is 8.14. The first-order chi connectivity index (χ1) is 16.6. The maximum absolute atomic E-state index is 13.3. The van der Waals surface area contributed by atoms with Crippen LogP contribution in [0.25, 0.3) is 16.5 Å². The number of carbonyl (C=O) groups is 3. The summed E-state index contributed by atoms with van der Waals surface area (Å²) in [6, 6.07) is 3.65. The molecule has 0 aliphatic heterocycles. The summed E-state index contributed by atoms with van der Waals surface area (Å²) >= 11 is 0.951. The molecule has 13 heteroatoms. The van der Waals surface area contributed by atoms with Gasteiger partial charge in [-0.1, -0.05) is 0 Å². The monoisotopic (exact) mass is 511 g/mol. The molecule has 0 radical (unpaired) electrons. The second-order valence-corrected chi connectivity index (χ2v) is 7.92. The van der Waals surface area contributed by atoms with Gasteiger partial charge in [0.25, 0.3) is 5.56 Å². The van der Waals surface area contributed by atoms with Crippen LogP contribution >= 0.6 is 11.3 Å². The SMILES string of the molecule is CCOC(=O)CCC(=O)Nc1scc2c(C(=O)OCC)nn(-c3ccc(C(F)(F)F)cc3)c(=O)c12. The highest BCUT2D eigenvalue weighted by Crippen LogP contribution is 2.32. The Kier molecular flexibility index (Phi) is 7.89. The number of nitrogens with one attached hydrogen (secondary N) is 1. The normalized spacial score (nSPS) is 11.3. The van der Waals surface area contributed by atoms with Crippen LogP contribution in [-0.4, -0.2) is 40.8 Å². The highest BCUT2D eigenvalue weighted by atomic mass is 32.1. The number of benzene rings is 1. The molecule has 35 heavy (non-hydrogen) atoms. The van der Waals surface area contributed by atoms with Crippen LogP contribution in [0.4, 0.5) is 18.2 Å². The minimum absolute atomic E-state index is 0.0169. The molecular weight excluding hydrogens is 491 g/mol. The molecule has 2 aromatic heterocycles. The maximum Gasteiger partial charge on any atom is 0.416 e. The molecule has 0 saturated carbocycles. The molecule has 1 aromatic carbocycles. The molecule has 9 nitrogen and oxygen atoms in total. The van der Waals surface area contributed by atoms with E-state index in [4.69, 9.17) is 9.47 Å². The summed E-state index contributed by atoms with van der Waals surface area (Å²) in [7, 11) is 0. The molecule has 0 unspecified atom stereocenters. The van der Waals surface area contributed by atoms with E-state index in [9.17, 15) is 32.3 Å². The Balaban J connectivity index is 2.06. The third-order valence-corrected chi connectivity index (χ3v) is 5.57. The number of hydrogen-bond donors (Lipinski definition) is 1. The Morgan fingerprint density at radius 1 is 1.06 bits per heavy atom. The van der Waals surface area contributed by atoms with Gasteiger partial charge in [-0.25, -0.2) is 4.79 Å². The van der Waals surface area contributed by atoms with Gasteiger partial charge in [-0.05, 0) is 38.1 Å². The largest absolute Gasteiger partial charge is 0.466 e. The summed E-state index contributed by atoms with van der Waals surface area (Å²) in [6.45, 7) is 3.39. The van der Waals surface area contributed by atoms with Crippen molar-refractivity contribution in [3.05, 3.63) is 51.3 Å². The van der Waals surface area contributed by atoms with Gasteiger partial charge in [-0.15, -0.1) is 11.3 Å². The van der Waals surface area contributed by atoms with Gasteiger partial charge in [0, 0.05) is 17.2 Å². The zero-order valence-electron chi connectivity index (χ0n) is 18.6. The number of thiophene rings is 1. The van der Waals surface area contributed by atoms with E-state index in [-0.39, 0.29) is 53.2 Å². The predicted molar refractivity (Wildman–Crippen MR) is 121 cm³/mol. The van der Waals surface area contributed by atoms with Gasteiger partial charge in [0.1, 0.15) is 5.00 Å². The van der Waals surface area contributed by atoms with E-state index < -0.39 is 35.1 Å². The van der Waals surface area contributed by atoms with Crippen molar-refractivity contribution in [1.82, 2.24) is 9.78 Å². The first-order valence-electron chi connectivity index (χ1n) is 10.4. The fraction of sp³-hybridized carbons (Fsp3) is 0.318. The predicted octanol–water partition coefficient (Wildman–Crippen LogP) is 3.92. The van der Waals surface area contributed by atoms with Gasteiger partial charge in [-0.3, -0.25) is 14.4 Å². The third kappa shape index (κ3) is 5.85. The average Bonchev–Trinajstić information content (AvgIpc) is 3.22. The van der Waals surface area contributed by atoms with Crippen LogP contribution in [0.1, 0.15) is 42.7 Å². The molecule has 1 amide bonds. The topological polar surface area (TPSA) is 117 Å². The van der Waals surface area contributed by atoms with Crippen LogP contribution < -0.4 is 10.9 Å². The number of esters is 2. The van der Waals surface area contributed by atoms with Gasteiger partial charge < -0.3 is 14.8 Å². The van der Waals surface area contributed by atoms with Crippen LogP contribution in [-0.2, 0) is 25.2 Å². The van der Waals surface area contributed by atoms with Crippen molar-refractivity contribution in [1.29, 1.82) is 0 Å². The lowest BCUT2D eigenvalue weighted by Crippen LogP contribution is -2.25. The number of nitrogens with zero attached hydrogens (tertiary/aromatic N) is 2. The number of carbonyl (C=O) groups excluding carboxylic acids is 3. The molecule has 0 aliphatic rings. The maximum atomic E-state index is 13.3. The summed E-state index contributed by atoms with van der Waals surface area (Å²) < 4.78 is 49.4. The van der Waals surface area contributed by atoms with Crippen molar-refractivity contribution in [2.75, 3.05) is 18.5 Å². The summed E-state index contributed by atoms with van der Waals surface area (Å²) in [5.41, 5.74) is -1.97.